The summed E-state index contributed by atoms with van der Waals surface area (Å²) < 4.78 is 10.8. The number of hydrazine groups is 1. The number of imide groups is 1. The number of nitrogens with two attached hydrogens (primary N) is 1. The van der Waals surface area contributed by atoms with E-state index in [9.17, 15) is 9.59 Å². The van der Waals surface area contributed by atoms with Crippen molar-refractivity contribution in [3.05, 3.63) is 47.0 Å². The van der Waals surface area contributed by atoms with Gasteiger partial charge in [-0.15, -0.1) is 11.3 Å². The first-order valence-electron chi connectivity index (χ1n) is 10.5. The number of aliphatic imine (C=N–C) groups is 1. The second-order valence-corrected chi connectivity index (χ2v) is 8.45. The molecular weight excluding hydrogens is 442 g/mol. The van der Waals surface area contributed by atoms with Gasteiger partial charge in [-0.2, -0.15) is 5.01 Å². The molecule has 0 radical (unpaired) electrons. The summed E-state index contributed by atoms with van der Waals surface area (Å²) in [6.45, 7) is 6.28. The molecule has 176 valence electrons. The molecule has 3 rings (SSSR count). The fourth-order valence-electron chi connectivity index (χ4n) is 3.37. The maximum atomic E-state index is 12.2. The van der Waals surface area contributed by atoms with Crippen LogP contribution in [0.15, 0.2) is 40.9 Å². The molecular formula is C23H29N5O4S. The van der Waals surface area contributed by atoms with Crippen molar-refractivity contribution in [1.29, 1.82) is 0 Å². The molecule has 2 heterocycles. The number of carbonyl (C=O) groups is 2. The monoisotopic (exact) mass is 471 g/mol. The smallest absolute Gasteiger partial charge is 0.275 e. The van der Waals surface area contributed by atoms with Gasteiger partial charge in [0, 0.05) is 43.8 Å². The minimum Gasteiger partial charge on any atom is -0.492 e. The van der Waals surface area contributed by atoms with Crippen molar-refractivity contribution in [2.75, 3.05) is 46.2 Å². The summed E-state index contributed by atoms with van der Waals surface area (Å²) in [4.78, 5) is 29.6. The molecule has 1 aliphatic rings. The first kappa shape index (κ1) is 24.4. The molecule has 9 nitrogen and oxygen atoms in total. The number of thiophene rings is 1. The van der Waals surface area contributed by atoms with Gasteiger partial charge in [0.1, 0.15) is 12.4 Å². The highest BCUT2D eigenvalue weighted by Crippen LogP contribution is 2.38. The first-order valence-corrected chi connectivity index (χ1v) is 11.3. The second kappa shape index (κ2) is 11.1. The van der Waals surface area contributed by atoms with Gasteiger partial charge in [0.25, 0.3) is 11.8 Å². The molecule has 0 atom stereocenters. The number of amidine groups is 1. The number of nitrogen functional groups attached to an aromatic ring is 1. The zero-order chi connectivity index (χ0) is 24.0. The number of rotatable bonds is 10. The number of benzene rings is 1. The molecule has 1 aromatic carbocycles. The van der Waals surface area contributed by atoms with E-state index in [4.69, 9.17) is 15.2 Å². The van der Waals surface area contributed by atoms with E-state index < -0.39 is 11.8 Å². The van der Waals surface area contributed by atoms with Crippen molar-refractivity contribution in [2.24, 2.45) is 4.99 Å². The average molecular weight is 472 g/mol. The van der Waals surface area contributed by atoms with Gasteiger partial charge < -0.3 is 20.5 Å². The van der Waals surface area contributed by atoms with E-state index in [2.05, 4.69) is 15.7 Å². The lowest BCUT2D eigenvalue weighted by molar-refractivity contribution is -0.139. The molecule has 1 aliphatic heterocycles. The largest absolute Gasteiger partial charge is 0.492 e. The summed E-state index contributed by atoms with van der Waals surface area (Å²) in [6.07, 6.45) is 1.29. The molecule has 1 aromatic heterocycles. The van der Waals surface area contributed by atoms with Crippen LogP contribution in [0.3, 0.4) is 0 Å². The summed E-state index contributed by atoms with van der Waals surface area (Å²) in [5, 5.41) is 4.72. The summed E-state index contributed by atoms with van der Waals surface area (Å²) in [5.41, 5.74) is 12.1. The van der Waals surface area contributed by atoms with Gasteiger partial charge in [0.2, 0.25) is 0 Å². The Balaban J connectivity index is 1.71. The van der Waals surface area contributed by atoms with Gasteiger partial charge in [-0.1, -0.05) is 0 Å². The Morgan fingerprint density at radius 3 is 2.45 bits per heavy atom. The summed E-state index contributed by atoms with van der Waals surface area (Å²) in [5.74, 6) is 0.298. The Kier molecular flexibility index (Phi) is 8.21. The van der Waals surface area contributed by atoms with Crippen LogP contribution in [0, 0.1) is 6.92 Å². The van der Waals surface area contributed by atoms with Crippen LogP contribution in [0.5, 0.6) is 5.75 Å². The van der Waals surface area contributed by atoms with Crippen LogP contribution in [0.25, 0.3) is 10.4 Å². The number of carbonyl (C=O) groups excluding carboxylic acids is 2. The van der Waals surface area contributed by atoms with Crippen molar-refractivity contribution in [2.45, 2.75) is 13.8 Å². The molecule has 0 spiro atoms. The highest BCUT2D eigenvalue weighted by atomic mass is 32.1. The summed E-state index contributed by atoms with van der Waals surface area (Å²) in [6, 6.07) is 7.80. The van der Waals surface area contributed by atoms with Crippen molar-refractivity contribution >= 4 is 34.0 Å². The number of hydrogen-bond acceptors (Lipinski definition) is 8. The molecule has 0 unspecified atom stereocenters. The van der Waals surface area contributed by atoms with E-state index in [1.807, 2.05) is 31.2 Å². The number of ether oxygens (including phenoxy) is 2. The fourth-order valence-corrected chi connectivity index (χ4v) is 4.45. The maximum Gasteiger partial charge on any atom is 0.275 e. The van der Waals surface area contributed by atoms with Gasteiger partial charge >= 0.3 is 0 Å². The maximum absolute atomic E-state index is 12.2. The number of anilines is 1. The molecule has 2 amide bonds. The van der Waals surface area contributed by atoms with Crippen LogP contribution in [-0.4, -0.2) is 63.1 Å². The Morgan fingerprint density at radius 2 is 1.85 bits per heavy atom. The normalized spacial score (nSPS) is 14.1. The minimum absolute atomic E-state index is 0.359. The third kappa shape index (κ3) is 5.59. The van der Waals surface area contributed by atoms with Crippen LogP contribution >= 0.6 is 11.3 Å². The molecule has 0 saturated carbocycles. The Labute approximate surface area is 197 Å². The van der Waals surface area contributed by atoms with E-state index in [0.717, 1.165) is 39.9 Å². The average Bonchev–Trinajstić information content (AvgIpc) is 3.23. The fraction of sp³-hybridized carbons (Fsp3) is 0.348. The Bertz CT molecular complexity index is 1080. The lowest BCUT2D eigenvalue weighted by Crippen LogP contribution is -2.47. The molecule has 4 N–H and O–H groups in total. The molecule has 0 aliphatic carbocycles. The zero-order valence-electron chi connectivity index (χ0n) is 19.2. The third-order valence-corrected chi connectivity index (χ3v) is 6.27. The zero-order valence-corrected chi connectivity index (χ0v) is 20.0. The van der Waals surface area contributed by atoms with Crippen molar-refractivity contribution < 1.29 is 19.1 Å². The predicted octanol–water partition coefficient (Wildman–Crippen LogP) is 2.12. The molecule has 2 aromatic rings. The van der Waals surface area contributed by atoms with E-state index in [1.165, 1.54) is 17.4 Å². The number of nitrogens with one attached hydrogen (secondary N) is 2. The number of hydrogen-bond donors (Lipinski definition) is 3. The topological polar surface area (TPSA) is 118 Å². The highest BCUT2D eigenvalue weighted by Gasteiger charge is 2.31. The molecule has 10 heteroatoms. The molecule has 0 saturated heterocycles. The van der Waals surface area contributed by atoms with Crippen LogP contribution in [0.1, 0.15) is 18.1 Å². The van der Waals surface area contributed by atoms with Crippen LogP contribution in [0.4, 0.5) is 5.00 Å². The summed E-state index contributed by atoms with van der Waals surface area (Å²) in [7, 11) is 3.26. The predicted molar refractivity (Wildman–Crippen MR) is 130 cm³/mol. The van der Waals surface area contributed by atoms with Crippen molar-refractivity contribution in [3.8, 4) is 16.2 Å². The number of nitrogens with zero attached hydrogens (tertiary/aromatic N) is 2. The number of methoxy groups -OCH3 is 1. The molecule has 33 heavy (non-hydrogen) atoms. The molecule has 0 bridgehead atoms. The lowest BCUT2D eigenvalue weighted by Gasteiger charge is -2.19. The van der Waals surface area contributed by atoms with E-state index in [1.54, 1.807) is 21.1 Å². The van der Waals surface area contributed by atoms with Gasteiger partial charge in [0.15, 0.2) is 5.84 Å². The minimum atomic E-state index is -0.435. The van der Waals surface area contributed by atoms with E-state index in [-0.39, 0.29) is 0 Å². The van der Waals surface area contributed by atoms with Crippen molar-refractivity contribution in [3.63, 3.8) is 0 Å². The SMILES string of the molecule is CN=C(NN1C(=O)C=C(C)C1=O)c1c(N)sc(-c2ccc(OCCNCCOC)cc2)c1C. The first-order chi connectivity index (χ1) is 15.9. The van der Waals surface area contributed by atoms with Gasteiger partial charge in [-0.05, 0) is 49.2 Å². The quantitative estimate of drug-likeness (QED) is 0.210. The Hall–Kier alpha value is -3.21. The highest BCUT2D eigenvalue weighted by molar-refractivity contribution is 7.20. The standard InChI is InChI=1S/C23H29N5O4S/c1-14-13-18(29)28(23(14)30)27-22(25-3)19-15(2)20(33-21(19)24)16-5-7-17(8-6-16)32-12-10-26-9-11-31-4/h5-8,13,26H,9-12,24H2,1-4H3,(H,25,27). The van der Waals surface area contributed by atoms with E-state index in [0.29, 0.717) is 35.2 Å². The third-order valence-electron chi connectivity index (χ3n) is 5.10. The Morgan fingerprint density at radius 1 is 1.15 bits per heavy atom. The molecule has 0 fully saturated rings. The summed E-state index contributed by atoms with van der Waals surface area (Å²) >= 11 is 1.43. The van der Waals surface area contributed by atoms with Gasteiger partial charge in [-0.25, -0.2) is 0 Å². The second-order valence-electron chi connectivity index (χ2n) is 7.40. The van der Waals surface area contributed by atoms with Gasteiger partial charge in [-0.3, -0.25) is 20.0 Å². The van der Waals surface area contributed by atoms with Crippen LogP contribution in [-0.2, 0) is 14.3 Å². The van der Waals surface area contributed by atoms with Crippen LogP contribution < -0.4 is 21.2 Å². The van der Waals surface area contributed by atoms with Crippen LogP contribution in [0.2, 0.25) is 0 Å². The van der Waals surface area contributed by atoms with Crippen molar-refractivity contribution in [1.82, 2.24) is 15.8 Å². The number of amides is 2. The lowest BCUT2D eigenvalue weighted by atomic mass is 10.1. The van der Waals surface area contributed by atoms with Gasteiger partial charge in [0.05, 0.1) is 17.2 Å². The van der Waals surface area contributed by atoms with E-state index >= 15 is 0 Å².